The number of nitrogens with zero attached hydrogens (tertiary/aromatic N) is 2. The van der Waals surface area contributed by atoms with Crippen LogP contribution in [-0.2, 0) is 11.3 Å². The molecule has 0 unspecified atom stereocenters. The van der Waals surface area contributed by atoms with Crippen LogP contribution in [0.2, 0.25) is 0 Å². The molecule has 2 aromatic carbocycles. The second kappa shape index (κ2) is 7.53. The smallest absolute Gasteiger partial charge is 0.405 e. The maximum Gasteiger partial charge on any atom is 0.573 e. The van der Waals surface area contributed by atoms with E-state index in [1.165, 1.54) is 12.1 Å². The lowest BCUT2D eigenvalue weighted by Gasteiger charge is -2.14. The zero-order valence-corrected chi connectivity index (χ0v) is 14.3. The number of ether oxygens (including phenoxy) is 1. The Labute approximate surface area is 153 Å². The molecule has 0 atom stereocenters. The number of alkyl halides is 3. The van der Waals surface area contributed by atoms with Crippen molar-refractivity contribution >= 4 is 6.41 Å². The molecule has 3 aromatic rings. The minimum atomic E-state index is -4.77. The van der Waals surface area contributed by atoms with E-state index < -0.39 is 6.36 Å². The van der Waals surface area contributed by atoms with Gasteiger partial charge in [-0.15, -0.1) is 13.2 Å². The predicted octanol–water partition coefficient (Wildman–Crippen LogP) is 3.99. The number of carbonyl (C=O) groups excluding carboxylic acids is 1. The first-order chi connectivity index (χ1) is 12.9. The van der Waals surface area contributed by atoms with E-state index in [2.05, 4.69) is 15.2 Å². The summed E-state index contributed by atoms with van der Waals surface area (Å²) < 4.78 is 43.8. The molecule has 1 heterocycles. The summed E-state index contributed by atoms with van der Waals surface area (Å²) in [5.74, 6) is -0.268. The van der Waals surface area contributed by atoms with Crippen LogP contribution < -0.4 is 10.1 Å². The minimum Gasteiger partial charge on any atom is -0.405 e. The van der Waals surface area contributed by atoms with E-state index in [-0.39, 0.29) is 5.75 Å². The van der Waals surface area contributed by atoms with Gasteiger partial charge >= 0.3 is 6.36 Å². The number of aromatic nitrogens is 2. The molecule has 1 aromatic heterocycles. The van der Waals surface area contributed by atoms with Crippen LogP contribution in [0.1, 0.15) is 11.4 Å². The Balaban J connectivity index is 1.98. The van der Waals surface area contributed by atoms with Crippen molar-refractivity contribution < 1.29 is 22.7 Å². The fourth-order valence-electron chi connectivity index (χ4n) is 2.76. The molecule has 3 rings (SSSR count). The lowest BCUT2D eigenvalue weighted by Crippen LogP contribution is -2.17. The normalized spacial score (nSPS) is 11.3. The average Bonchev–Trinajstić information content (AvgIpc) is 3.00. The van der Waals surface area contributed by atoms with Gasteiger partial charge in [-0.2, -0.15) is 5.10 Å². The monoisotopic (exact) mass is 375 g/mol. The Morgan fingerprint density at radius 3 is 2.67 bits per heavy atom. The van der Waals surface area contributed by atoms with E-state index in [0.717, 1.165) is 5.69 Å². The number of aryl methyl sites for hydroxylation is 1. The van der Waals surface area contributed by atoms with Gasteiger partial charge in [-0.05, 0) is 36.8 Å². The van der Waals surface area contributed by atoms with Gasteiger partial charge in [0.15, 0.2) is 0 Å². The molecule has 5 nitrogen and oxygen atoms in total. The highest BCUT2D eigenvalue weighted by atomic mass is 19.4. The van der Waals surface area contributed by atoms with E-state index in [0.29, 0.717) is 35.5 Å². The predicted molar refractivity (Wildman–Crippen MR) is 93.3 cm³/mol. The zero-order valence-electron chi connectivity index (χ0n) is 14.3. The van der Waals surface area contributed by atoms with Gasteiger partial charge in [0.05, 0.1) is 17.9 Å². The van der Waals surface area contributed by atoms with Gasteiger partial charge in [0, 0.05) is 11.3 Å². The lowest BCUT2D eigenvalue weighted by atomic mass is 10.0. The molecule has 0 saturated carbocycles. The van der Waals surface area contributed by atoms with Gasteiger partial charge < -0.3 is 10.1 Å². The fraction of sp³-hybridized carbons (Fsp3) is 0.158. The number of amides is 1. The van der Waals surface area contributed by atoms with Gasteiger partial charge in [0.2, 0.25) is 6.41 Å². The van der Waals surface area contributed by atoms with Gasteiger partial charge in [0.1, 0.15) is 5.75 Å². The molecule has 1 N–H and O–H groups in total. The van der Waals surface area contributed by atoms with Gasteiger partial charge in [-0.1, -0.05) is 30.3 Å². The Hall–Kier alpha value is -3.29. The Morgan fingerprint density at radius 1 is 1.15 bits per heavy atom. The van der Waals surface area contributed by atoms with Crippen molar-refractivity contribution in [3.8, 4) is 22.6 Å². The second-order valence-electron chi connectivity index (χ2n) is 5.78. The second-order valence-corrected chi connectivity index (χ2v) is 5.78. The van der Waals surface area contributed by atoms with E-state index in [4.69, 9.17) is 0 Å². The molecular formula is C19H16F3N3O2. The van der Waals surface area contributed by atoms with Crippen LogP contribution in [0.25, 0.3) is 16.8 Å². The van der Waals surface area contributed by atoms with Crippen LogP contribution in [0.4, 0.5) is 13.2 Å². The molecule has 0 bridgehead atoms. The number of hydrogen-bond acceptors (Lipinski definition) is 3. The molecule has 27 heavy (non-hydrogen) atoms. The lowest BCUT2D eigenvalue weighted by molar-refractivity contribution is -0.274. The standard InChI is InChI=1S/C19H16F3N3O2/c1-13-9-15(11-23-12-26)24-25(13)16-6-4-5-14(10-16)17-7-2-3-8-18(17)27-19(20,21)22/h2-10,12H,11H2,1H3,(H,23,26). The number of carbonyl (C=O) groups is 1. The molecule has 0 fully saturated rings. The molecule has 8 heteroatoms. The number of nitrogens with one attached hydrogen (secondary N) is 1. The van der Waals surface area contributed by atoms with Crippen LogP contribution in [0.5, 0.6) is 5.75 Å². The van der Waals surface area contributed by atoms with Crippen LogP contribution in [0, 0.1) is 6.92 Å². The molecule has 140 valence electrons. The summed E-state index contributed by atoms with van der Waals surface area (Å²) in [6.07, 6.45) is -4.18. The third-order valence-electron chi connectivity index (χ3n) is 3.82. The van der Waals surface area contributed by atoms with Crippen LogP contribution in [-0.4, -0.2) is 22.6 Å². The first-order valence-electron chi connectivity index (χ1n) is 8.05. The summed E-state index contributed by atoms with van der Waals surface area (Å²) in [5, 5.41) is 6.96. The summed E-state index contributed by atoms with van der Waals surface area (Å²) in [4.78, 5) is 10.4. The van der Waals surface area contributed by atoms with Crippen LogP contribution >= 0.6 is 0 Å². The largest absolute Gasteiger partial charge is 0.573 e. The van der Waals surface area contributed by atoms with Crippen molar-refractivity contribution in [2.24, 2.45) is 0 Å². The quantitative estimate of drug-likeness (QED) is 0.663. The Morgan fingerprint density at radius 2 is 1.93 bits per heavy atom. The first kappa shape index (κ1) is 18.5. The molecule has 1 amide bonds. The molecule has 0 aliphatic heterocycles. The van der Waals surface area contributed by atoms with Gasteiger partial charge in [0.25, 0.3) is 0 Å². The van der Waals surface area contributed by atoms with E-state index in [1.54, 1.807) is 41.1 Å². The third-order valence-corrected chi connectivity index (χ3v) is 3.82. The van der Waals surface area contributed by atoms with Crippen molar-refractivity contribution in [2.75, 3.05) is 0 Å². The van der Waals surface area contributed by atoms with Crippen molar-refractivity contribution in [1.82, 2.24) is 15.1 Å². The van der Waals surface area contributed by atoms with Crippen molar-refractivity contribution in [3.05, 3.63) is 66.0 Å². The molecule has 0 saturated heterocycles. The first-order valence-corrected chi connectivity index (χ1v) is 8.05. The van der Waals surface area contributed by atoms with Gasteiger partial charge in [-0.3, -0.25) is 4.79 Å². The number of hydrogen-bond donors (Lipinski definition) is 1. The van der Waals surface area contributed by atoms with Crippen molar-refractivity contribution in [1.29, 1.82) is 0 Å². The summed E-state index contributed by atoms with van der Waals surface area (Å²) in [5.41, 5.74) is 3.07. The number of para-hydroxylation sites is 1. The summed E-state index contributed by atoms with van der Waals surface area (Å²) in [6, 6.07) is 14.8. The topological polar surface area (TPSA) is 56.2 Å². The SMILES string of the molecule is Cc1cc(CNC=O)nn1-c1cccc(-c2ccccc2OC(F)(F)F)c1. The number of benzene rings is 2. The maximum absolute atomic E-state index is 12.7. The van der Waals surface area contributed by atoms with Crippen LogP contribution in [0.15, 0.2) is 54.6 Å². The molecule has 0 aliphatic rings. The van der Waals surface area contributed by atoms with Crippen LogP contribution in [0.3, 0.4) is 0 Å². The number of halogens is 3. The molecule has 0 radical (unpaired) electrons. The van der Waals surface area contributed by atoms with Crippen molar-refractivity contribution in [3.63, 3.8) is 0 Å². The fourth-order valence-corrected chi connectivity index (χ4v) is 2.76. The highest BCUT2D eigenvalue weighted by molar-refractivity contribution is 5.72. The van der Waals surface area contributed by atoms with Crippen molar-refractivity contribution in [2.45, 2.75) is 19.8 Å². The van der Waals surface area contributed by atoms with Gasteiger partial charge in [-0.25, -0.2) is 4.68 Å². The highest BCUT2D eigenvalue weighted by Crippen LogP contribution is 2.34. The average molecular weight is 375 g/mol. The molecule has 0 spiro atoms. The van der Waals surface area contributed by atoms with E-state index >= 15 is 0 Å². The maximum atomic E-state index is 12.7. The Kier molecular flexibility index (Phi) is 5.16. The molecular weight excluding hydrogens is 359 g/mol. The third kappa shape index (κ3) is 4.46. The summed E-state index contributed by atoms with van der Waals surface area (Å²) in [6.45, 7) is 2.14. The number of rotatable bonds is 6. The Bertz CT molecular complexity index is 951. The summed E-state index contributed by atoms with van der Waals surface area (Å²) >= 11 is 0. The van der Waals surface area contributed by atoms with E-state index in [9.17, 15) is 18.0 Å². The molecule has 0 aliphatic carbocycles. The zero-order chi connectivity index (χ0) is 19.4. The van der Waals surface area contributed by atoms with E-state index in [1.807, 2.05) is 13.0 Å². The highest BCUT2D eigenvalue weighted by Gasteiger charge is 2.32. The summed E-state index contributed by atoms with van der Waals surface area (Å²) in [7, 11) is 0. The minimum absolute atomic E-state index is 0.268.